The van der Waals surface area contributed by atoms with Crippen molar-refractivity contribution in [2.24, 2.45) is 0 Å². The third kappa shape index (κ3) is 3.26. The van der Waals surface area contributed by atoms with Gasteiger partial charge in [0.25, 0.3) is 5.91 Å². The van der Waals surface area contributed by atoms with Crippen LogP contribution in [0.3, 0.4) is 0 Å². The predicted octanol–water partition coefficient (Wildman–Crippen LogP) is 5.21. The molecule has 0 atom stereocenters. The van der Waals surface area contributed by atoms with E-state index in [0.717, 1.165) is 0 Å². The van der Waals surface area contributed by atoms with Crippen LogP contribution in [0.4, 0.5) is 5.69 Å². The van der Waals surface area contributed by atoms with Gasteiger partial charge in [-0.25, -0.2) is 4.79 Å². The highest BCUT2D eigenvalue weighted by Crippen LogP contribution is 2.37. The third-order valence-corrected chi connectivity index (χ3v) is 4.62. The van der Waals surface area contributed by atoms with Crippen molar-refractivity contribution >= 4 is 51.5 Å². The molecule has 0 aliphatic carbocycles. The number of carbonyl (C=O) groups excluding carboxylic acids is 2. The number of methoxy groups -OCH3 is 1. The number of fused-ring (bicyclic) bond motifs is 1. The molecule has 4 nitrogen and oxygen atoms in total. The molecule has 3 aromatic rings. The number of amides is 1. The van der Waals surface area contributed by atoms with Gasteiger partial charge in [0, 0.05) is 28.4 Å². The van der Waals surface area contributed by atoms with Crippen molar-refractivity contribution in [2.45, 2.75) is 0 Å². The third-order valence-electron chi connectivity index (χ3n) is 4.10. The molecule has 0 saturated carbocycles. The molecule has 0 heterocycles. The summed E-state index contributed by atoms with van der Waals surface area (Å²) in [5.74, 6) is -0.694. The van der Waals surface area contributed by atoms with E-state index in [1.165, 1.54) is 12.0 Å². The van der Waals surface area contributed by atoms with Crippen molar-refractivity contribution in [3.63, 3.8) is 0 Å². The van der Waals surface area contributed by atoms with E-state index in [0.29, 0.717) is 37.6 Å². The Morgan fingerprint density at radius 2 is 1.69 bits per heavy atom. The largest absolute Gasteiger partial charge is 0.465 e. The Kier molecular flexibility index (Phi) is 5.16. The minimum absolute atomic E-state index is 0.191. The Hall–Kier alpha value is -2.56. The fraction of sp³-hybridized carbons (Fsp3) is 0.100. The molecule has 3 aromatic carbocycles. The molecule has 0 saturated heterocycles. The van der Waals surface area contributed by atoms with E-state index in [9.17, 15) is 9.59 Å². The molecule has 132 valence electrons. The maximum absolute atomic E-state index is 12.8. The zero-order valence-electron chi connectivity index (χ0n) is 14.1. The van der Waals surface area contributed by atoms with Gasteiger partial charge >= 0.3 is 5.97 Å². The number of carbonyl (C=O) groups is 2. The Balaban J connectivity index is 2.21. The first kappa shape index (κ1) is 18.2. The quantitative estimate of drug-likeness (QED) is 0.579. The van der Waals surface area contributed by atoms with Gasteiger partial charge in [-0.2, -0.15) is 0 Å². The molecule has 0 N–H and O–H groups in total. The molecule has 0 aliphatic heterocycles. The summed E-state index contributed by atoms with van der Waals surface area (Å²) in [5.41, 5.74) is 1.45. The number of anilines is 1. The van der Waals surface area contributed by atoms with Crippen LogP contribution in [0.5, 0.6) is 0 Å². The number of ether oxygens (including phenoxy) is 1. The van der Waals surface area contributed by atoms with E-state index in [1.54, 1.807) is 55.6 Å². The summed E-state index contributed by atoms with van der Waals surface area (Å²) >= 11 is 12.5. The van der Waals surface area contributed by atoms with E-state index in [1.807, 2.05) is 6.07 Å². The molecule has 3 rings (SSSR count). The van der Waals surface area contributed by atoms with Gasteiger partial charge < -0.3 is 9.64 Å². The summed E-state index contributed by atoms with van der Waals surface area (Å²) in [7, 11) is 2.96. The van der Waals surface area contributed by atoms with E-state index in [4.69, 9.17) is 27.9 Å². The second-order valence-corrected chi connectivity index (χ2v) is 6.51. The lowest BCUT2D eigenvalue weighted by molar-refractivity contribution is 0.0603. The molecular weight excluding hydrogens is 373 g/mol. The Morgan fingerprint density at radius 1 is 1.00 bits per heavy atom. The maximum atomic E-state index is 12.8. The van der Waals surface area contributed by atoms with Crippen molar-refractivity contribution < 1.29 is 14.3 Å². The first-order valence-electron chi connectivity index (χ1n) is 7.77. The van der Waals surface area contributed by atoms with Crippen LogP contribution >= 0.6 is 23.2 Å². The first-order chi connectivity index (χ1) is 12.4. The van der Waals surface area contributed by atoms with Crippen LogP contribution in [0.25, 0.3) is 10.8 Å². The van der Waals surface area contributed by atoms with Gasteiger partial charge in [-0.05, 0) is 36.4 Å². The molecule has 0 bridgehead atoms. The first-order valence-corrected chi connectivity index (χ1v) is 8.53. The Morgan fingerprint density at radius 3 is 2.35 bits per heavy atom. The van der Waals surface area contributed by atoms with Gasteiger partial charge in [0.05, 0.1) is 23.4 Å². The number of esters is 1. The average molecular weight is 388 g/mol. The highest BCUT2D eigenvalue weighted by atomic mass is 35.5. The van der Waals surface area contributed by atoms with Gasteiger partial charge in [-0.15, -0.1) is 0 Å². The summed E-state index contributed by atoms with van der Waals surface area (Å²) in [6, 6.07) is 15.4. The highest BCUT2D eigenvalue weighted by molar-refractivity contribution is 6.40. The fourth-order valence-electron chi connectivity index (χ4n) is 2.83. The molecule has 0 aromatic heterocycles. The predicted molar refractivity (Wildman–Crippen MR) is 104 cm³/mol. The maximum Gasteiger partial charge on any atom is 0.338 e. The number of nitrogens with zero attached hydrogens (tertiary/aromatic N) is 1. The summed E-state index contributed by atoms with van der Waals surface area (Å²) in [4.78, 5) is 26.4. The molecule has 1 amide bonds. The van der Waals surface area contributed by atoms with Crippen molar-refractivity contribution in [1.82, 2.24) is 0 Å². The summed E-state index contributed by atoms with van der Waals surface area (Å²) in [6.07, 6.45) is 0. The average Bonchev–Trinajstić information content (AvgIpc) is 2.65. The van der Waals surface area contributed by atoms with Gasteiger partial charge in [-0.1, -0.05) is 41.4 Å². The fourth-order valence-corrected chi connectivity index (χ4v) is 3.42. The Labute approximate surface area is 160 Å². The normalized spacial score (nSPS) is 10.6. The van der Waals surface area contributed by atoms with Crippen LogP contribution in [0, 0.1) is 0 Å². The summed E-state index contributed by atoms with van der Waals surface area (Å²) in [5, 5.41) is 1.83. The van der Waals surface area contributed by atoms with E-state index in [-0.39, 0.29) is 5.91 Å². The van der Waals surface area contributed by atoms with Crippen molar-refractivity contribution in [3.05, 3.63) is 75.8 Å². The molecular formula is C20H15Cl2NO3. The monoisotopic (exact) mass is 387 g/mol. The number of rotatable bonds is 3. The van der Waals surface area contributed by atoms with Crippen molar-refractivity contribution in [1.29, 1.82) is 0 Å². The van der Waals surface area contributed by atoms with Crippen LogP contribution in [-0.2, 0) is 4.74 Å². The Bertz CT molecular complexity index is 1000. The number of hydrogen-bond donors (Lipinski definition) is 0. The van der Waals surface area contributed by atoms with Crippen molar-refractivity contribution in [2.75, 3.05) is 19.1 Å². The molecule has 26 heavy (non-hydrogen) atoms. The SMILES string of the molecule is COC(=O)c1ccc(N(C)C(=O)c2ccccc2)c2c(Cl)cc(Cl)cc12. The molecule has 0 spiro atoms. The molecule has 6 heteroatoms. The zero-order valence-corrected chi connectivity index (χ0v) is 15.6. The lowest BCUT2D eigenvalue weighted by atomic mass is 10.0. The molecule has 0 fully saturated rings. The van der Waals surface area contributed by atoms with Gasteiger partial charge in [0.2, 0.25) is 0 Å². The van der Waals surface area contributed by atoms with Crippen LogP contribution in [-0.4, -0.2) is 26.0 Å². The topological polar surface area (TPSA) is 46.6 Å². The lowest BCUT2D eigenvalue weighted by Gasteiger charge is -2.21. The molecule has 0 radical (unpaired) electrons. The molecule has 0 aliphatic rings. The standard InChI is InChI=1S/C20H15Cl2NO3/c1-23(19(24)12-6-4-3-5-7-12)17-9-8-14(20(25)26-2)15-10-13(21)11-16(22)18(15)17/h3-11H,1-2H3. The van der Waals surface area contributed by atoms with Crippen molar-refractivity contribution in [3.8, 4) is 0 Å². The van der Waals surface area contributed by atoms with E-state index >= 15 is 0 Å². The summed E-state index contributed by atoms with van der Waals surface area (Å²) < 4.78 is 4.84. The van der Waals surface area contributed by atoms with Crippen LogP contribution < -0.4 is 4.90 Å². The van der Waals surface area contributed by atoms with Crippen LogP contribution in [0.15, 0.2) is 54.6 Å². The number of hydrogen-bond acceptors (Lipinski definition) is 3. The smallest absolute Gasteiger partial charge is 0.338 e. The zero-order chi connectivity index (χ0) is 18.8. The van der Waals surface area contributed by atoms with Gasteiger partial charge in [0.1, 0.15) is 0 Å². The second-order valence-electron chi connectivity index (χ2n) is 5.66. The van der Waals surface area contributed by atoms with Crippen LogP contribution in [0.2, 0.25) is 10.0 Å². The second kappa shape index (κ2) is 7.36. The minimum Gasteiger partial charge on any atom is -0.465 e. The van der Waals surface area contributed by atoms with E-state index < -0.39 is 5.97 Å². The van der Waals surface area contributed by atoms with Gasteiger partial charge in [-0.3, -0.25) is 4.79 Å². The minimum atomic E-state index is -0.503. The number of halogens is 2. The van der Waals surface area contributed by atoms with Gasteiger partial charge in [0.15, 0.2) is 0 Å². The molecule has 0 unspecified atom stereocenters. The lowest BCUT2D eigenvalue weighted by Crippen LogP contribution is -2.26. The summed E-state index contributed by atoms with van der Waals surface area (Å²) in [6.45, 7) is 0. The van der Waals surface area contributed by atoms with Crippen LogP contribution in [0.1, 0.15) is 20.7 Å². The number of benzene rings is 3. The highest BCUT2D eigenvalue weighted by Gasteiger charge is 2.21. The van der Waals surface area contributed by atoms with E-state index in [2.05, 4.69) is 0 Å².